The van der Waals surface area contributed by atoms with Crippen molar-refractivity contribution in [3.63, 3.8) is 0 Å². The minimum absolute atomic E-state index is 0.0131. The van der Waals surface area contributed by atoms with Crippen LogP contribution < -0.4 is 0 Å². The van der Waals surface area contributed by atoms with Crippen LogP contribution in [-0.4, -0.2) is 52.8 Å². The molecule has 0 bridgehead atoms. The number of fused-ring (bicyclic) bond motifs is 3. The van der Waals surface area contributed by atoms with Crippen molar-refractivity contribution in [1.29, 1.82) is 0 Å². The standard InChI is InChI=1S/C17H21NO6/c1-2-24-13(21)7-8-18-16(22)10-4-3-9-11(19)5-6-12(20)14(9)15(10)17(18)23/h5-6,9-10,12,14-15,20H,2-4,7-8H2,1H3/t9-,10+,12+,14+,15+/m0/s1. The molecular formula is C17H21NO6. The Hall–Kier alpha value is -2.02. The molecule has 0 unspecified atom stereocenters. The summed E-state index contributed by atoms with van der Waals surface area (Å²) in [5.74, 6) is -3.38. The third kappa shape index (κ3) is 2.66. The monoisotopic (exact) mass is 335 g/mol. The summed E-state index contributed by atoms with van der Waals surface area (Å²) < 4.78 is 4.83. The van der Waals surface area contributed by atoms with Gasteiger partial charge in [0.15, 0.2) is 5.78 Å². The summed E-state index contributed by atoms with van der Waals surface area (Å²) in [5.41, 5.74) is 0. The number of carbonyl (C=O) groups excluding carboxylic acids is 4. The number of carbonyl (C=O) groups is 4. The fourth-order valence-corrected chi connectivity index (χ4v) is 4.24. The summed E-state index contributed by atoms with van der Waals surface area (Å²) in [6.45, 7) is 1.92. The quantitative estimate of drug-likeness (QED) is 0.576. The number of esters is 1. The number of likely N-dealkylation sites (tertiary alicyclic amines) is 1. The maximum absolute atomic E-state index is 12.7. The second-order valence-electron chi connectivity index (χ2n) is 6.53. The van der Waals surface area contributed by atoms with Crippen LogP contribution in [0, 0.1) is 23.7 Å². The molecule has 3 aliphatic rings. The van der Waals surface area contributed by atoms with E-state index in [1.165, 1.54) is 12.2 Å². The van der Waals surface area contributed by atoms with Gasteiger partial charge in [0.1, 0.15) is 0 Å². The maximum atomic E-state index is 12.7. The zero-order chi connectivity index (χ0) is 17.4. The summed E-state index contributed by atoms with van der Waals surface area (Å²) in [4.78, 5) is 49.9. The van der Waals surface area contributed by atoms with Crippen LogP contribution in [0.25, 0.3) is 0 Å². The molecule has 0 aromatic heterocycles. The van der Waals surface area contributed by atoms with Crippen molar-refractivity contribution in [2.75, 3.05) is 13.2 Å². The van der Waals surface area contributed by atoms with E-state index in [2.05, 4.69) is 0 Å². The van der Waals surface area contributed by atoms with Gasteiger partial charge in [-0.1, -0.05) is 6.08 Å². The summed E-state index contributed by atoms with van der Waals surface area (Å²) in [6.07, 6.45) is 2.79. The van der Waals surface area contributed by atoms with Gasteiger partial charge in [-0.3, -0.25) is 24.1 Å². The van der Waals surface area contributed by atoms with Crippen LogP contribution in [-0.2, 0) is 23.9 Å². The number of ether oxygens (including phenoxy) is 1. The van der Waals surface area contributed by atoms with Crippen LogP contribution in [0.15, 0.2) is 12.2 Å². The molecule has 1 saturated heterocycles. The molecule has 2 amide bonds. The second kappa shape index (κ2) is 6.47. The zero-order valence-corrected chi connectivity index (χ0v) is 13.5. The lowest BCUT2D eigenvalue weighted by molar-refractivity contribution is -0.145. The molecule has 2 aliphatic carbocycles. The molecule has 24 heavy (non-hydrogen) atoms. The first-order valence-electron chi connectivity index (χ1n) is 8.36. The average molecular weight is 335 g/mol. The number of rotatable bonds is 4. The van der Waals surface area contributed by atoms with E-state index in [1.54, 1.807) is 6.92 Å². The highest BCUT2D eigenvalue weighted by molar-refractivity contribution is 6.06. The van der Waals surface area contributed by atoms with Crippen LogP contribution in [0.1, 0.15) is 26.2 Å². The molecule has 1 N–H and O–H groups in total. The molecule has 0 aromatic carbocycles. The minimum atomic E-state index is -0.901. The third-order valence-electron chi connectivity index (χ3n) is 5.30. The third-order valence-corrected chi connectivity index (χ3v) is 5.30. The number of allylic oxidation sites excluding steroid dienone is 1. The Morgan fingerprint density at radius 3 is 2.67 bits per heavy atom. The molecule has 5 atom stereocenters. The first-order chi connectivity index (χ1) is 11.5. The number of nitrogens with zero attached hydrogens (tertiary/aromatic N) is 1. The van der Waals surface area contributed by atoms with E-state index in [1.807, 2.05) is 0 Å². The summed E-state index contributed by atoms with van der Waals surface area (Å²) >= 11 is 0. The van der Waals surface area contributed by atoms with E-state index < -0.39 is 35.7 Å². The number of hydrogen-bond acceptors (Lipinski definition) is 6. The van der Waals surface area contributed by atoms with Gasteiger partial charge in [-0.15, -0.1) is 0 Å². The van der Waals surface area contributed by atoms with Gasteiger partial charge in [0.05, 0.1) is 31.0 Å². The zero-order valence-electron chi connectivity index (χ0n) is 13.5. The van der Waals surface area contributed by atoms with E-state index >= 15 is 0 Å². The first-order valence-corrected chi connectivity index (χ1v) is 8.36. The van der Waals surface area contributed by atoms with Crippen LogP contribution in [0.4, 0.5) is 0 Å². The van der Waals surface area contributed by atoms with Gasteiger partial charge in [0, 0.05) is 18.4 Å². The first kappa shape index (κ1) is 16.8. The Morgan fingerprint density at radius 2 is 1.96 bits per heavy atom. The SMILES string of the molecule is CCOC(=O)CCN1C(=O)[C@H]2[C@H]3[C@H](O)C=CC(=O)[C@@H]3CC[C@H]2C1=O. The van der Waals surface area contributed by atoms with Crippen LogP contribution >= 0.6 is 0 Å². The van der Waals surface area contributed by atoms with Crippen molar-refractivity contribution in [1.82, 2.24) is 4.90 Å². The van der Waals surface area contributed by atoms with Crippen LogP contribution in [0.5, 0.6) is 0 Å². The molecule has 0 radical (unpaired) electrons. The molecule has 7 nitrogen and oxygen atoms in total. The molecule has 0 aromatic rings. The summed E-state index contributed by atoms with van der Waals surface area (Å²) in [6, 6.07) is 0. The number of ketones is 1. The maximum Gasteiger partial charge on any atom is 0.307 e. The number of imide groups is 1. The topological polar surface area (TPSA) is 101 Å². The van der Waals surface area contributed by atoms with E-state index in [0.29, 0.717) is 12.8 Å². The fraction of sp³-hybridized carbons (Fsp3) is 0.647. The molecule has 1 aliphatic heterocycles. The second-order valence-corrected chi connectivity index (χ2v) is 6.53. The molecule has 130 valence electrons. The minimum Gasteiger partial charge on any atom is -0.466 e. The Morgan fingerprint density at radius 1 is 1.25 bits per heavy atom. The molecule has 0 spiro atoms. The number of aliphatic hydroxyl groups excluding tert-OH is 1. The van der Waals surface area contributed by atoms with Crippen molar-refractivity contribution in [2.24, 2.45) is 23.7 Å². The van der Waals surface area contributed by atoms with Crippen molar-refractivity contribution < 1.29 is 29.0 Å². The highest BCUT2D eigenvalue weighted by Crippen LogP contribution is 2.47. The van der Waals surface area contributed by atoms with E-state index in [0.717, 1.165) is 4.90 Å². The van der Waals surface area contributed by atoms with Crippen LogP contribution in [0.3, 0.4) is 0 Å². The lowest BCUT2D eigenvalue weighted by Crippen LogP contribution is -2.47. The Labute approximate surface area is 139 Å². The lowest BCUT2D eigenvalue weighted by Gasteiger charge is -2.40. The van der Waals surface area contributed by atoms with Crippen molar-refractivity contribution in [2.45, 2.75) is 32.3 Å². The molecule has 1 heterocycles. The fourth-order valence-electron chi connectivity index (χ4n) is 4.24. The molecular weight excluding hydrogens is 314 g/mol. The van der Waals surface area contributed by atoms with E-state index in [9.17, 15) is 24.3 Å². The molecule has 1 saturated carbocycles. The van der Waals surface area contributed by atoms with Gasteiger partial charge < -0.3 is 9.84 Å². The van der Waals surface area contributed by atoms with Crippen molar-refractivity contribution in [3.05, 3.63) is 12.2 Å². The molecule has 2 fully saturated rings. The Balaban J connectivity index is 1.78. The van der Waals surface area contributed by atoms with Gasteiger partial charge in [0.25, 0.3) is 0 Å². The molecule has 7 heteroatoms. The summed E-state index contributed by atoms with van der Waals surface area (Å²) in [5, 5.41) is 10.3. The number of hydrogen-bond donors (Lipinski definition) is 1. The molecule has 3 rings (SSSR count). The van der Waals surface area contributed by atoms with Gasteiger partial charge in [-0.25, -0.2) is 0 Å². The highest BCUT2D eigenvalue weighted by Gasteiger charge is 2.57. The predicted molar refractivity (Wildman–Crippen MR) is 81.3 cm³/mol. The van der Waals surface area contributed by atoms with Crippen LogP contribution in [0.2, 0.25) is 0 Å². The summed E-state index contributed by atoms with van der Waals surface area (Å²) in [7, 11) is 0. The largest absolute Gasteiger partial charge is 0.466 e. The van der Waals surface area contributed by atoms with E-state index in [-0.39, 0.29) is 37.2 Å². The average Bonchev–Trinajstić information content (AvgIpc) is 2.80. The smallest absolute Gasteiger partial charge is 0.307 e. The Bertz CT molecular complexity index is 612. The normalized spacial score (nSPS) is 35.0. The van der Waals surface area contributed by atoms with E-state index in [4.69, 9.17) is 4.74 Å². The van der Waals surface area contributed by atoms with Crippen molar-refractivity contribution >= 4 is 23.6 Å². The van der Waals surface area contributed by atoms with Crippen molar-refractivity contribution in [3.8, 4) is 0 Å². The van der Waals surface area contributed by atoms with Gasteiger partial charge >= 0.3 is 5.97 Å². The van der Waals surface area contributed by atoms with Gasteiger partial charge in [0.2, 0.25) is 11.8 Å². The Kier molecular flexibility index (Phi) is 4.54. The number of aliphatic hydroxyl groups is 1. The highest BCUT2D eigenvalue weighted by atomic mass is 16.5. The number of amides is 2. The van der Waals surface area contributed by atoms with Gasteiger partial charge in [-0.05, 0) is 25.8 Å². The van der Waals surface area contributed by atoms with Gasteiger partial charge in [-0.2, -0.15) is 0 Å². The lowest BCUT2D eigenvalue weighted by atomic mass is 9.62. The predicted octanol–water partition coefficient (Wildman–Crippen LogP) is 0.0668.